The second kappa shape index (κ2) is 7.93. The second-order valence-electron chi connectivity index (χ2n) is 9.67. The van der Waals surface area contributed by atoms with E-state index in [4.69, 9.17) is 0 Å². The highest BCUT2D eigenvalue weighted by Crippen LogP contribution is 2.50. The number of nitrogens with one attached hydrogen (secondary N) is 1. The van der Waals surface area contributed by atoms with Crippen LogP contribution in [0, 0.1) is 23.7 Å². The normalized spacial score (nSPS) is 29.3. The van der Waals surface area contributed by atoms with Gasteiger partial charge in [-0.2, -0.15) is 0 Å². The summed E-state index contributed by atoms with van der Waals surface area (Å²) in [6.45, 7) is 2.75. The van der Waals surface area contributed by atoms with Crippen molar-refractivity contribution in [1.82, 2.24) is 14.8 Å². The van der Waals surface area contributed by atoms with Crippen molar-refractivity contribution in [2.75, 3.05) is 13.2 Å². The number of nitrogens with zero attached hydrogens (tertiary/aromatic N) is 2. The van der Waals surface area contributed by atoms with Crippen molar-refractivity contribution >= 4 is 17.9 Å². The Labute approximate surface area is 182 Å². The summed E-state index contributed by atoms with van der Waals surface area (Å²) in [6.07, 6.45) is 8.44. The molecule has 0 spiro atoms. The first-order chi connectivity index (χ1) is 15.0. The summed E-state index contributed by atoms with van der Waals surface area (Å²) >= 11 is 0. The van der Waals surface area contributed by atoms with Crippen molar-refractivity contribution in [1.29, 1.82) is 0 Å². The summed E-state index contributed by atoms with van der Waals surface area (Å²) in [7, 11) is 0. The Morgan fingerprint density at radius 1 is 1.19 bits per heavy atom. The molecule has 31 heavy (non-hydrogen) atoms. The molecule has 0 unspecified atom stereocenters. The van der Waals surface area contributed by atoms with Crippen molar-refractivity contribution in [2.24, 2.45) is 23.7 Å². The molecule has 0 aromatic carbocycles. The number of carbonyl (C=O) groups is 2. The molecule has 166 valence electrons. The predicted molar refractivity (Wildman–Crippen MR) is 116 cm³/mol. The van der Waals surface area contributed by atoms with Gasteiger partial charge in [0.2, 0.25) is 11.8 Å². The van der Waals surface area contributed by atoms with Crippen LogP contribution in [0.3, 0.4) is 0 Å². The lowest BCUT2D eigenvalue weighted by Crippen LogP contribution is -2.50. The van der Waals surface area contributed by atoms with Gasteiger partial charge in [-0.05, 0) is 56.6 Å². The second-order valence-corrected chi connectivity index (χ2v) is 9.67. The van der Waals surface area contributed by atoms with E-state index < -0.39 is 6.04 Å². The van der Waals surface area contributed by atoms with Gasteiger partial charge in [-0.3, -0.25) is 14.4 Å². The van der Waals surface area contributed by atoms with Gasteiger partial charge < -0.3 is 19.9 Å². The minimum absolute atomic E-state index is 0.0292. The molecule has 2 aliphatic carbocycles. The summed E-state index contributed by atoms with van der Waals surface area (Å²) in [4.78, 5) is 41.3. The number of likely N-dealkylation sites (tertiary alicyclic amines) is 1. The van der Waals surface area contributed by atoms with Crippen LogP contribution < -0.4 is 10.9 Å². The molecule has 1 aromatic heterocycles. The molecule has 2 saturated carbocycles. The van der Waals surface area contributed by atoms with Gasteiger partial charge in [-0.25, -0.2) is 0 Å². The third-order valence-electron chi connectivity index (χ3n) is 7.43. The molecular weight excluding hydrogens is 394 g/mol. The molecule has 7 heteroatoms. The van der Waals surface area contributed by atoms with E-state index in [0.717, 1.165) is 31.4 Å². The Hall–Kier alpha value is -2.41. The first-order valence-electron chi connectivity index (χ1n) is 11.6. The van der Waals surface area contributed by atoms with Crippen molar-refractivity contribution in [2.45, 2.75) is 57.7 Å². The van der Waals surface area contributed by atoms with Gasteiger partial charge in [0.15, 0.2) is 0 Å². The Balaban J connectivity index is 1.51. The summed E-state index contributed by atoms with van der Waals surface area (Å²) < 4.78 is 1.74. The molecular formula is C24H31N3O4. The van der Waals surface area contributed by atoms with Crippen molar-refractivity contribution in [3.8, 4) is 0 Å². The average Bonchev–Trinajstić information content (AvgIpc) is 3.67. The number of aromatic nitrogens is 1. The van der Waals surface area contributed by atoms with E-state index in [1.807, 2.05) is 19.1 Å². The number of allylic oxidation sites excluding steroid dienone is 1. The summed E-state index contributed by atoms with van der Waals surface area (Å²) in [5, 5.41) is 13.3. The Kier molecular flexibility index (Phi) is 5.24. The molecule has 0 bridgehead atoms. The standard InChI is InChI=1S/C24H31N3O4/c1-2-3-16-8-9-19-21-17(12-26(19)24(16)31)18(13-28)22(23(30)25-11-15-6-7-15)27(21)20(29)10-14-4-5-14/h2-3,8-9,14-15,17-18,21-22,28H,4-7,10-13H2,1H3,(H,25,30)/b3-2+/t17-,18-,21+,22-/m0/s1. The molecule has 2 aliphatic heterocycles. The number of aliphatic hydroxyl groups excluding tert-OH is 1. The maximum Gasteiger partial charge on any atom is 0.258 e. The van der Waals surface area contributed by atoms with Crippen LogP contribution in [0.2, 0.25) is 0 Å². The molecule has 1 saturated heterocycles. The molecule has 2 N–H and O–H groups in total. The van der Waals surface area contributed by atoms with Crippen LogP contribution in [0.25, 0.3) is 6.08 Å². The zero-order chi connectivity index (χ0) is 21.7. The zero-order valence-electron chi connectivity index (χ0n) is 18.0. The Bertz CT molecular complexity index is 976. The van der Waals surface area contributed by atoms with Gasteiger partial charge in [-0.15, -0.1) is 0 Å². The highest BCUT2D eigenvalue weighted by Gasteiger charge is 2.57. The molecule has 1 aromatic rings. The van der Waals surface area contributed by atoms with Crippen LogP contribution in [-0.4, -0.2) is 45.6 Å². The van der Waals surface area contributed by atoms with E-state index in [1.54, 1.807) is 21.6 Å². The first kappa shape index (κ1) is 20.5. The van der Waals surface area contributed by atoms with Gasteiger partial charge in [0.1, 0.15) is 6.04 Å². The first-order valence-corrected chi connectivity index (χ1v) is 11.6. The van der Waals surface area contributed by atoms with Crippen molar-refractivity contribution < 1.29 is 14.7 Å². The van der Waals surface area contributed by atoms with Crippen LogP contribution >= 0.6 is 0 Å². The summed E-state index contributed by atoms with van der Waals surface area (Å²) in [5.74, 6) is 0.227. The van der Waals surface area contributed by atoms with Gasteiger partial charge in [0, 0.05) is 49.2 Å². The van der Waals surface area contributed by atoms with Crippen molar-refractivity contribution in [3.05, 3.63) is 39.8 Å². The lowest BCUT2D eigenvalue weighted by atomic mass is 9.88. The lowest BCUT2D eigenvalue weighted by Gasteiger charge is -2.31. The van der Waals surface area contributed by atoms with E-state index in [9.17, 15) is 19.5 Å². The molecule has 4 atom stereocenters. The number of amides is 2. The molecule has 0 radical (unpaired) electrons. The molecule has 3 heterocycles. The Morgan fingerprint density at radius 3 is 2.58 bits per heavy atom. The van der Waals surface area contributed by atoms with Gasteiger partial charge >= 0.3 is 0 Å². The molecule has 3 fully saturated rings. The number of hydrogen-bond donors (Lipinski definition) is 2. The lowest BCUT2D eigenvalue weighted by molar-refractivity contribution is -0.142. The van der Waals surface area contributed by atoms with E-state index >= 15 is 0 Å². The highest BCUT2D eigenvalue weighted by atomic mass is 16.3. The van der Waals surface area contributed by atoms with E-state index in [-0.39, 0.29) is 41.9 Å². The number of fused-ring (bicyclic) bond motifs is 3. The number of hydrogen-bond acceptors (Lipinski definition) is 4. The third-order valence-corrected chi connectivity index (χ3v) is 7.43. The fourth-order valence-electron chi connectivity index (χ4n) is 5.44. The number of rotatable bonds is 7. The fraction of sp³-hybridized carbons (Fsp3) is 0.625. The summed E-state index contributed by atoms with van der Waals surface area (Å²) in [6, 6.07) is 2.70. The minimum atomic E-state index is -0.677. The third kappa shape index (κ3) is 3.63. The van der Waals surface area contributed by atoms with E-state index in [2.05, 4.69) is 5.32 Å². The van der Waals surface area contributed by atoms with Crippen LogP contribution in [0.1, 0.15) is 56.3 Å². The number of carbonyl (C=O) groups excluding carboxylic acids is 2. The quantitative estimate of drug-likeness (QED) is 0.696. The summed E-state index contributed by atoms with van der Waals surface area (Å²) in [5.41, 5.74) is 1.32. The van der Waals surface area contributed by atoms with Gasteiger partial charge in [-0.1, -0.05) is 12.2 Å². The molecule has 5 rings (SSSR count). The molecule has 2 amide bonds. The zero-order valence-corrected chi connectivity index (χ0v) is 18.0. The maximum absolute atomic E-state index is 13.4. The van der Waals surface area contributed by atoms with E-state index in [1.165, 1.54) is 0 Å². The predicted octanol–water partition coefficient (Wildman–Crippen LogP) is 1.70. The van der Waals surface area contributed by atoms with Crippen LogP contribution in [-0.2, 0) is 16.1 Å². The number of aliphatic hydroxyl groups is 1. The maximum atomic E-state index is 13.4. The van der Waals surface area contributed by atoms with E-state index in [0.29, 0.717) is 36.9 Å². The Morgan fingerprint density at radius 2 is 1.94 bits per heavy atom. The minimum Gasteiger partial charge on any atom is -0.396 e. The van der Waals surface area contributed by atoms with Crippen LogP contribution in [0.5, 0.6) is 0 Å². The van der Waals surface area contributed by atoms with Crippen LogP contribution in [0.4, 0.5) is 0 Å². The van der Waals surface area contributed by atoms with Gasteiger partial charge in [0.25, 0.3) is 5.56 Å². The monoisotopic (exact) mass is 425 g/mol. The average molecular weight is 426 g/mol. The van der Waals surface area contributed by atoms with Crippen LogP contribution in [0.15, 0.2) is 23.0 Å². The highest BCUT2D eigenvalue weighted by molar-refractivity contribution is 5.89. The van der Waals surface area contributed by atoms with Crippen molar-refractivity contribution in [3.63, 3.8) is 0 Å². The topological polar surface area (TPSA) is 91.6 Å². The SMILES string of the molecule is C/C=C/c1ccc2n(c1=O)C[C@H]1[C@H](CO)[C@@H](C(=O)NCC3CC3)N(C(=O)CC3CC3)[C@@H]21. The molecule has 4 aliphatic rings. The smallest absolute Gasteiger partial charge is 0.258 e. The van der Waals surface area contributed by atoms with Gasteiger partial charge in [0.05, 0.1) is 6.04 Å². The fourth-order valence-corrected chi connectivity index (χ4v) is 5.44. The number of pyridine rings is 1. The molecule has 7 nitrogen and oxygen atoms in total. The largest absolute Gasteiger partial charge is 0.396 e.